The maximum atomic E-state index is 12.8. The van der Waals surface area contributed by atoms with Crippen LogP contribution in [0, 0.1) is 5.92 Å². The lowest BCUT2D eigenvalue weighted by atomic mass is 9.68. The molecule has 0 aliphatic carbocycles. The molecule has 0 aromatic heterocycles. The third-order valence-corrected chi connectivity index (χ3v) is 4.62. The molecular formula is C15H17NO4. The number of carboxylic acid groups (broad SMARTS) is 1. The van der Waals surface area contributed by atoms with Crippen molar-refractivity contribution in [3.05, 3.63) is 35.9 Å². The quantitative estimate of drug-likeness (QED) is 0.629. The van der Waals surface area contributed by atoms with Gasteiger partial charge in [0, 0.05) is 18.7 Å². The number of nitrogens with zero attached hydrogens (tertiary/aromatic N) is 1. The molecule has 3 aliphatic heterocycles. The Kier molecular flexibility index (Phi) is 3.11. The smallest absolute Gasteiger partial charge is 0.335 e. The van der Waals surface area contributed by atoms with Crippen LogP contribution < -0.4 is 0 Å². The van der Waals surface area contributed by atoms with Crippen LogP contribution in [0.5, 0.6) is 0 Å². The first-order chi connectivity index (χ1) is 9.58. The molecular weight excluding hydrogens is 258 g/mol. The summed E-state index contributed by atoms with van der Waals surface area (Å²) in [5.41, 5.74) is -1.48. The Morgan fingerprint density at radius 2 is 1.75 bits per heavy atom. The van der Waals surface area contributed by atoms with Gasteiger partial charge in [-0.3, -0.25) is 9.69 Å². The lowest BCUT2D eigenvalue weighted by molar-refractivity contribution is -0.172. The van der Waals surface area contributed by atoms with E-state index < -0.39 is 23.4 Å². The van der Waals surface area contributed by atoms with Crippen molar-refractivity contribution in [3.63, 3.8) is 0 Å². The summed E-state index contributed by atoms with van der Waals surface area (Å²) >= 11 is 0. The molecule has 4 rings (SSSR count). The number of Topliss-reactive ketones (excluding diaryl/α,β-unsaturated/α-hetero) is 1. The summed E-state index contributed by atoms with van der Waals surface area (Å²) in [4.78, 5) is 26.3. The van der Waals surface area contributed by atoms with Gasteiger partial charge in [0.15, 0.2) is 5.78 Å². The molecule has 3 saturated heterocycles. The second kappa shape index (κ2) is 4.68. The number of carbonyl (C=O) groups is 2. The van der Waals surface area contributed by atoms with Crippen molar-refractivity contribution >= 4 is 11.8 Å². The lowest BCUT2D eigenvalue weighted by Crippen LogP contribution is -2.74. The Morgan fingerprint density at radius 3 is 2.25 bits per heavy atom. The monoisotopic (exact) mass is 275 g/mol. The van der Waals surface area contributed by atoms with E-state index in [0.717, 1.165) is 12.8 Å². The molecule has 3 fully saturated rings. The number of aliphatic hydroxyl groups is 1. The number of aliphatic hydroxyl groups excluding tert-OH is 1. The minimum Gasteiger partial charge on any atom is -0.479 e. The number of benzene rings is 1. The second-order valence-electron chi connectivity index (χ2n) is 5.54. The molecule has 3 aliphatic rings. The van der Waals surface area contributed by atoms with Gasteiger partial charge in [0.05, 0.1) is 6.10 Å². The van der Waals surface area contributed by atoms with Crippen LogP contribution in [-0.4, -0.2) is 51.6 Å². The number of piperidine rings is 3. The number of hydrogen-bond acceptors (Lipinski definition) is 4. The van der Waals surface area contributed by atoms with Crippen molar-refractivity contribution < 1.29 is 19.8 Å². The Morgan fingerprint density at radius 1 is 1.15 bits per heavy atom. The van der Waals surface area contributed by atoms with Gasteiger partial charge < -0.3 is 10.2 Å². The third kappa shape index (κ3) is 1.63. The van der Waals surface area contributed by atoms with E-state index >= 15 is 0 Å². The standard InChI is InChI=1S/C15H17NO4/c17-12(10-4-2-1-3-5-10)15(14(19)20)13(18)11-6-8-16(15)9-7-11/h1-5,11,13,18H,6-9H2,(H,19,20). The summed E-state index contributed by atoms with van der Waals surface area (Å²) in [7, 11) is 0. The van der Waals surface area contributed by atoms with Gasteiger partial charge in [-0.25, -0.2) is 4.79 Å². The molecule has 3 heterocycles. The van der Waals surface area contributed by atoms with Crippen molar-refractivity contribution in [1.29, 1.82) is 0 Å². The van der Waals surface area contributed by atoms with Crippen LogP contribution >= 0.6 is 0 Å². The number of rotatable bonds is 3. The molecule has 2 unspecified atom stereocenters. The summed E-state index contributed by atoms with van der Waals surface area (Å²) in [6.07, 6.45) is 0.353. The number of carboxylic acids is 1. The number of aliphatic carboxylic acids is 1. The fraction of sp³-hybridized carbons (Fsp3) is 0.467. The zero-order valence-electron chi connectivity index (χ0n) is 11.0. The third-order valence-electron chi connectivity index (χ3n) is 4.62. The van der Waals surface area contributed by atoms with Gasteiger partial charge in [0.2, 0.25) is 5.54 Å². The van der Waals surface area contributed by atoms with Gasteiger partial charge in [-0.2, -0.15) is 0 Å². The van der Waals surface area contributed by atoms with Crippen molar-refractivity contribution in [1.82, 2.24) is 4.90 Å². The molecule has 2 atom stereocenters. The van der Waals surface area contributed by atoms with Crippen LogP contribution in [0.25, 0.3) is 0 Å². The average molecular weight is 275 g/mol. The van der Waals surface area contributed by atoms with E-state index in [2.05, 4.69) is 0 Å². The van der Waals surface area contributed by atoms with Gasteiger partial charge in [-0.1, -0.05) is 30.3 Å². The average Bonchev–Trinajstić information content (AvgIpc) is 2.48. The van der Waals surface area contributed by atoms with Crippen molar-refractivity contribution in [2.75, 3.05) is 13.1 Å². The summed E-state index contributed by atoms with van der Waals surface area (Å²) in [5, 5.41) is 20.2. The summed E-state index contributed by atoms with van der Waals surface area (Å²) in [5.74, 6) is -1.87. The molecule has 0 amide bonds. The van der Waals surface area contributed by atoms with Crippen LogP contribution in [0.2, 0.25) is 0 Å². The SMILES string of the molecule is O=C(O)C1(C(=O)c2ccccc2)C(O)C2CCN1CC2. The number of fused-ring (bicyclic) bond motifs is 3. The number of carbonyl (C=O) groups excluding carboxylic acids is 1. The van der Waals surface area contributed by atoms with Crippen LogP contribution in [0.4, 0.5) is 0 Å². The fourth-order valence-corrected chi connectivity index (χ4v) is 3.54. The molecule has 1 aromatic rings. The van der Waals surface area contributed by atoms with Gasteiger partial charge in [-0.05, 0) is 18.8 Å². The second-order valence-corrected chi connectivity index (χ2v) is 5.54. The first kappa shape index (κ1) is 13.3. The first-order valence-corrected chi connectivity index (χ1v) is 6.85. The molecule has 2 bridgehead atoms. The molecule has 1 aromatic carbocycles. The fourth-order valence-electron chi connectivity index (χ4n) is 3.54. The topological polar surface area (TPSA) is 77.8 Å². The highest BCUT2D eigenvalue weighted by Gasteiger charge is 2.62. The molecule has 0 spiro atoms. The molecule has 5 heteroatoms. The maximum Gasteiger partial charge on any atom is 0.335 e. The molecule has 2 N–H and O–H groups in total. The minimum atomic E-state index is -1.82. The zero-order chi connectivity index (χ0) is 14.3. The Hall–Kier alpha value is -1.72. The highest BCUT2D eigenvalue weighted by molar-refractivity contribution is 6.16. The molecule has 106 valence electrons. The van der Waals surface area contributed by atoms with Gasteiger partial charge in [0.1, 0.15) is 0 Å². The van der Waals surface area contributed by atoms with E-state index in [1.165, 1.54) is 0 Å². The number of hydrogen-bond donors (Lipinski definition) is 2. The van der Waals surface area contributed by atoms with Crippen molar-refractivity contribution in [3.8, 4) is 0 Å². The summed E-state index contributed by atoms with van der Waals surface area (Å²) in [6, 6.07) is 8.37. The van der Waals surface area contributed by atoms with Gasteiger partial charge in [0.25, 0.3) is 0 Å². The van der Waals surface area contributed by atoms with Gasteiger partial charge >= 0.3 is 5.97 Å². The summed E-state index contributed by atoms with van der Waals surface area (Å²) < 4.78 is 0. The molecule has 0 saturated carbocycles. The predicted molar refractivity (Wildman–Crippen MR) is 71.4 cm³/mol. The predicted octanol–water partition coefficient (Wildman–Crippen LogP) is 0.779. The Balaban J connectivity index is 2.09. The van der Waals surface area contributed by atoms with E-state index in [0.29, 0.717) is 18.7 Å². The van der Waals surface area contributed by atoms with Gasteiger partial charge in [-0.15, -0.1) is 0 Å². The molecule has 0 radical (unpaired) electrons. The van der Waals surface area contributed by atoms with E-state index in [1.54, 1.807) is 35.2 Å². The highest BCUT2D eigenvalue weighted by Crippen LogP contribution is 2.41. The minimum absolute atomic E-state index is 0.108. The van der Waals surface area contributed by atoms with E-state index in [4.69, 9.17) is 0 Å². The van der Waals surface area contributed by atoms with E-state index in [1.807, 2.05) is 0 Å². The maximum absolute atomic E-state index is 12.8. The van der Waals surface area contributed by atoms with Crippen LogP contribution in [-0.2, 0) is 4.79 Å². The Labute approximate surface area is 116 Å². The normalized spacial score (nSPS) is 35.8. The van der Waals surface area contributed by atoms with E-state index in [9.17, 15) is 19.8 Å². The largest absolute Gasteiger partial charge is 0.479 e. The highest BCUT2D eigenvalue weighted by atomic mass is 16.4. The van der Waals surface area contributed by atoms with Crippen molar-refractivity contribution in [2.45, 2.75) is 24.5 Å². The zero-order valence-corrected chi connectivity index (χ0v) is 11.0. The number of ketones is 1. The Bertz CT molecular complexity index is 532. The molecule has 20 heavy (non-hydrogen) atoms. The molecule has 5 nitrogen and oxygen atoms in total. The van der Waals surface area contributed by atoms with Crippen LogP contribution in [0.1, 0.15) is 23.2 Å². The van der Waals surface area contributed by atoms with Crippen LogP contribution in [0.15, 0.2) is 30.3 Å². The van der Waals surface area contributed by atoms with E-state index in [-0.39, 0.29) is 5.92 Å². The summed E-state index contributed by atoms with van der Waals surface area (Å²) in [6.45, 7) is 1.10. The lowest BCUT2D eigenvalue weighted by Gasteiger charge is -2.53. The van der Waals surface area contributed by atoms with Crippen LogP contribution in [0.3, 0.4) is 0 Å². The first-order valence-electron chi connectivity index (χ1n) is 6.85. The van der Waals surface area contributed by atoms with Crippen molar-refractivity contribution in [2.24, 2.45) is 5.92 Å².